The summed E-state index contributed by atoms with van der Waals surface area (Å²) in [6.07, 6.45) is 4.42. The van der Waals surface area contributed by atoms with E-state index in [-0.39, 0.29) is 5.75 Å². The summed E-state index contributed by atoms with van der Waals surface area (Å²) in [5.41, 5.74) is 1.22. The van der Waals surface area contributed by atoms with Crippen LogP contribution in [0.4, 0.5) is 0 Å². The molecule has 6 heteroatoms. The van der Waals surface area contributed by atoms with Gasteiger partial charge in [-0.3, -0.25) is 4.79 Å². The summed E-state index contributed by atoms with van der Waals surface area (Å²) in [6, 6.07) is 0. The number of carbonyl (C=O) groups is 1. The number of thioether (sulfide) groups is 2. The first kappa shape index (κ1) is 15.8. The Hall–Kier alpha value is -0.620. The van der Waals surface area contributed by atoms with Crippen molar-refractivity contribution in [3.8, 4) is 0 Å². The van der Waals surface area contributed by atoms with E-state index in [2.05, 4.69) is 23.4 Å². The van der Waals surface area contributed by atoms with E-state index in [4.69, 9.17) is 5.11 Å². The Labute approximate surface area is 128 Å². The highest BCUT2D eigenvalue weighted by molar-refractivity contribution is 7.99. The minimum Gasteiger partial charge on any atom is -0.481 e. The molecule has 0 atom stereocenters. The molecule has 0 saturated carbocycles. The Kier molecular flexibility index (Phi) is 5.84. The number of hydrogen-bond donors (Lipinski definition) is 1. The molecule has 0 aliphatic carbocycles. The molecule has 0 bridgehead atoms. The van der Waals surface area contributed by atoms with Crippen LogP contribution in [0.5, 0.6) is 0 Å². The van der Waals surface area contributed by atoms with Crippen molar-refractivity contribution < 1.29 is 9.90 Å². The third-order valence-electron chi connectivity index (χ3n) is 3.55. The van der Waals surface area contributed by atoms with Gasteiger partial charge in [0.15, 0.2) is 5.16 Å². The van der Waals surface area contributed by atoms with Gasteiger partial charge in [0.25, 0.3) is 0 Å². The third kappa shape index (κ3) is 4.19. The van der Waals surface area contributed by atoms with Gasteiger partial charge in [0, 0.05) is 18.4 Å². The monoisotopic (exact) mass is 314 g/mol. The highest BCUT2D eigenvalue weighted by atomic mass is 32.2. The molecule has 1 aliphatic rings. The van der Waals surface area contributed by atoms with Crippen molar-refractivity contribution in [2.75, 3.05) is 17.3 Å². The van der Waals surface area contributed by atoms with Crippen LogP contribution in [0.3, 0.4) is 0 Å². The van der Waals surface area contributed by atoms with Crippen molar-refractivity contribution in [1.82, 2.24) is 9.55 Å². The van der Waals surface area contributed by atoms with Crippen LogP contribution >= 0.6 is 23.5 Å². The molecule has 1 aromatic heterocycles. The molecule has 2 rings (SSSR count). The van der Waals surface area contributed by atoms with Crippen molar-refractivity contribution in [2.24, 2.45) is 5.92 Å². The Balaban J connectivity index is 2.12. The number of nitrogens with zero attached hydrogens (tertiary/aromatic N) is 2. The summed E-state index contributed by atoms with van der Waals surface area (Å²) in [4.78, 5) is 15.2. The number of carboxylic acid groups (broad SMARTS) is 1. The van der Waals surface area contributed by atoms with Crippen LogP contribution in [-0.4, -0.2) is 37.9 Å². The molecule has 0 unspecified atom stereocenters. The molecular formula is C14H22N2O2S2. The fourth-order valence-electron chi connectivity index (χ4n) is 2.44. The number of carboxylic acids is 1. The SMILES string of the molecule is CC(C)c1cnc(SCC(=O)O)n1CC1CCSCC1. The van der Waals surface area contributed by atoms with Gasteiger partial charge in [-0.05, 0) is 36.2 Å². The highest BCUT2D eigenvalue weighted by Crippen LogP contribution is 2.29. The first-order valence-corrected chi connectivity index (χ1v) is 9.19. The maximum atomic E-state index is 10.8. The normalized spacial score (nSPS) is 16.8. The number of hydrogen-bond acceptors (Lipinski definition) is 4. The number of aromatic nitrogens is 2. The summed E-state index contributed by atoms with van der Waals surface area (Å²) in [7, 11) is 0. The van der Waals surface area contributed by atoms with E-state index >= 15 is 0 Å². The van der Waals surface area contributed by atoms with E-state index < -0.39 is 5.97 Å². The molecule has 112 valence electrons. The van der Waals surface area contributed by atoms with Gasteiger partial charge in [-0.1, -0.05) is 25.6 Å². The second-order valence-electron chi connectivity index (χ2n) is 5.47. The lowest BCUT2D eigenvalue weighted by atomic mass is 10.0. The Morgan fingerprint density at radius 1 is 1.55 bits per heavy atom. The fraction of sp³-hybridized carbons (Fsp3) is 0.714. The van der Waals surface area contributed by atoms with Crippen LogP contribution < -0.4 is 0 Å². The van der Waals surface area contributed by atoms with Crippen LogP contribution in [0.25, 0.3) is 0 Å². The summed E-state index contributed by atoms with van der Waals surface area (Å²) in [6.45, 7) is 5.31. The smallest absolute Gasteiger partial charge is 0.313 e. The molecule has 1 saturated heterocycles. The van der Waals surface area contributed by atoms with Gasteiger partial charge in [0.05, 0.1) is 5.75 Å². The second-order valence-corrected chi connectivity index (χ2v) is 7.64. The van der Waals surface area contributed by atoms with Crippen LogP contribution in [0.1, 0.15) is 38.3 Å². The molecule has 4 nitrogen and oxygen atoms in total. The van der Waals surface area contributed by atoms with E-state index in [0.29, 0.717) is 11.8 Å². The lowest BCUT2D eigenvalue weighted by Gasteiger charge is -2.24. The Bertz CT molecular complexity index is 454. The second kappa shape index (κ2) is 7.41. The van der Waals surface area contributed by atoms with Crippen molar-refractivity contribution in [3.05, 3.63) is 11.9 Å². The molecule has 1 fully saturated rings. The molecule has 0 spiro atoms. The fourth-order valence-corrected chi connectivity index (χ4v) is 4.36. The topological polar surface area (TPSA) is 55.1 Å². The maximum absolute atomic E-state index is 10.8. The average Bonchev–Trinajstić information content (AvgIpc) is 2.80. The average molecular weight is 314 g/mol. The summed E-state index contributed by atoms with van der Waals surface area (Å²) in [5, 5.41) is 9.70. The molecule has 0 radical (unpaired) electrons. The molecule has 1 aliphatic heterocycles. The molecule has 2 heterocycles. The van der Waals surface area contributed by atoms with E-state index in [1.807, 2.05) is 18.0 Å². The minimum absolute atomic E-state index is 0.0784. The summed E-state index contributed by atoms with van der Waals surface area (Å²) in [5.74, 6) is 2.90. The summed E-state index contributed by atoms with van der Waals surface area (Å²) >= 11 is 3.36. The molecule has 1 N–H and O–H groups in total. The molecule has 20 heavy (non-hydrogen) atoms. The molecule has 0 aromatic carbocycles. The largest absolute Gasteiger partial charge is 0.481 e. The predicted molar refractivity (Wildman–Crippen MR) is 84.7 cm³/mol. The van der Waals surface area contributed by atoms with Gasteiger partial charge in [-0.15, -0.1) is 0 Å². The number of imidazole rings is 1. The Morgan fingerprint density at radius 2 is 2.25 bits per heavy atom. The van der Waals surface area contributed by atoms with Crippen LogP contribution in [0, 0.1) is 5.92 Å². The van der Waals surface area contributed by atoms with E-state index in [0.717, 1.165) is 11.7 Å². The summed E-state index contributed by atoms with van der Waals surface area (Å²) < 4.78 is 2.25. The molecular weight excluding hydrogens is 292 g/mol. The maximum Gasteiger partial charge on any atom is 0.313 e. The van der Waals surface area contributed by atoms with E-state index in [1.165, 1.54) is 41.8 Å². The Morgan fingerprint density at radius 3 is 2.85 bits per heavy atom. The van der Waals surface area contributed by atoms with Crippen LogP contribution in [0.15, 0.2) is 11.4 Å². The first-order chi connectivity index (χ1) is 9.58. The van der Waals surface area contributed by atoms with Crippen molar-refractivity contribution in [2.45, 2.75) is 44.3 Å². The first-order valence-electron chi connectivity index (χ1n) is 7.05. The lowest BCUT2D eigenvalue weighted by molar-refractivity contribution is -0.133. The van der Waals surface area contributed by atoms with Crippen LogP contribution in [-0.2, 0) is 11.3 Å². The number of rotatable bonds is 6. The molecule has 1 aromatic rings. The van der Waals surface area contributed by atoms with Crippen LogP contribution in [0.2, 0.25) is 0 Å². The zero-order valence-electron chi connectivity index (χ0n) is 12.0. The van der Waals surface area contributed by atoms with Gasteiger partial charge >= 0.3 is 5.97 Å². The zero-order valence-corrected chi connectivity index (χ0v) is 13.7. The quantitative estimate of drug-likeness (QED) is 0.816. The van der Waals surface area contributed by atoms with Crippen molar-refractivity contribution in [3.63, 3.8) is 0 Å². The standard InChI is InChI=1S/C14H22N2O2S2/c1-10(2)12-7-15-14(20-9-13(17)18)16(12)8-11-3-5-19-6-4-11/h7,10-11H,3-6,8-9H2,1-2H3,(H,17,18). The minimum atomic E-state index is -0.787. The van der Waals surface area contributed by atoms with E-state index in [9.17, 15) is 4.79 Å². The van der Waals surface area contributed by atoms with Gasteiger partial charge in [0.1, 0.15) is 0 Å². The van der Waals surface area contributed by atoms with Crippen molar-refractivity contribution in [1.29, 1.82) is 0 Å². The zero-order chi connectivity index (χ0) is 14.5. The van der Waals surface area contributed by atoms with Gasteiger partial charge < -0.3 is 9.67 Å². The van der Waals surface area contributed by atoms with Crippen molar-refractivity contribution >= 4 is 29.5 Å². The van der Waals surface area contributed by atoms with Gasteiger partial charge in [-0.25, -0.2) is 4.98 Å². The lowest BCUT2D eigenvalue weighted by Crippen LogP contribution is -2.19. The molecule has 0 amide bonds. The highest BCUT2D eigenvalue weighted by Gasteiger charge is 2.20. The van der Waals surface area contributed by atoms with Gasteiger partial charge in [-0.2, -0.15) is 11.8 Å². The van der Waals surface area contributed by atoms with E-state index in [1.54, 1.807) is 0 Å². The number of aliphatic carboxylic acids is 1. The predicted octanol–water partition coefficient (Wildman–Crippen LogP) is 3.33. The van der Waals surface area contributed by atoms with Gasteiger partial charge in [0.2, 0.25) is 0 Å². The third-order valence-corrected chi connectivity index (χ3v) is 5.57.